The Hall–Kier alpha value is -2.28. The van der Waals surface area contributed by atoms with Crippen molar-refractivity contribution >= 4 is 58.2 Å². The molecular weight excluding hydrogens is 437 g/mol. The summed E-state index contributed by atoms with van der Waals surface area (Å²) in [6, 6.07) is 11.3. The van der Waals surface area contributed by atoms with E-state index in [1.807, 2.05) is 0 Å². The summed E-state index contributed by atoms with van der Waals surface area (Å²) in [7, 11) is 1.54. The lowest BCUT2D eigenvalue weighted by atomic mass is 10.2. The van der Waals surface area contributed by atoms with E-state index in [-0.39, 0.29) is 30.7 Å². The van der Waals surface area contributed by atoms with Crippen LogP contribution in [0.25, 0.3) is 0 Å². The highest BCUT2D eigenvalue weighted by Crippen LogP contribution is 2.24. The highest BCUT2D eigenvalue weighted by Gasteiger charge is 2.13. The Morgan fingerprint density at radius 1 is 0.966 bits per heavy atom. The van der Waals surface area contributed by atoms with Gasteiger partial charge in [-0.1, -0.05) is 34.8 Å². The minimum absolute atomic E-state index is 0.101. The van der Waals surface area contributed by atoms with E-state index in [4.69, 9.17) is 34.8 Å². The van der Waals surface area contributed by atoms with Crippen LogP contribution in [-0.2, 0) is 9.59 Å². The fourth-order valence-electron chi connectivity index (χ4n) is 2.41. The Balaban J connectivity index is 1.70. The van der Waals surface area contributed by atoms with Crippen molar-refractivity contribution in [2.75, 3.05) is 25.5 Å². The average molecular weight is 457 g/mol. The first-order valence-electron chi connectivity index (χ1n) is 8.79. The number of hydrogen-bond acceptors (Lipinski definition) is 3. The number of benzene rings is 2. The SMILES string of the molecule is CN(CC(=O)Nc1ccc(Cl)c(Cl)c1)C(=O)CCCNC(=O)c1ccc(Cl)cc1. The smallest absolute Gasteiger partial charge is 0.251 e. The van der Waals surface area contributed by atoms with E-state index in [9.17, 15) is 14.4 Å². The molecule has 0 aliphatic heterocycles. The minimum Gasteiger partial charge on any atom is -0.352 e. The molecule has 0 fully saturated rings. The molecule has 154 valence electrons. The number of likely N-dealkylation sites (N-methyl/N-ethyl adjacent to an activating group) is 1. The van der Waals surface area contributed by atoms with E-state index in [0.29, 0.717) is 39.3 Å². The van der Waals surface area contributed by atoms with Gasteiger partial charge in [-0.2, -0.15) is 0 Å². The third-order valence-electron chi connectivity index (χ3n) is 3.97. The number of halogens is 3. The summed E-state index contributed by atoms with van der Waals surface area (Å²) < 4.78 is 0. The first-order valence-corrected chi connectivity index (χ1v) is 9.92. The molecule has 0 spiro atoms. The van der Waals surface area contributed by atoms with Gasteiger partial charge in [0.25, 0.3) is 5.91 Å². The molecule has 0 heterocycles. The Morgan fingerprint density at radius 3 is 2.31 bits per heavy atom. The van der Waals surface area contributed by atoms with Gasteiger partial charge in [-0.3, -0.25) is 14.4 Å². The molecule has 29 heavy (non-hydrogen) atoms. The topological polar surface area (TPSA) is 78.5 Å². The number of nitrogens with one attached hydrogen (secondary N) is 2. The summed E-state index contributed by atoms with van der Waals surface area (Å²) in [5, 5.41) is 6.67. The third kappa shape index (κ3) is 7.57. The van der Waals surface area contributed by atoms with E-state index in [1.54, 1.807) is 43.4 Å². The predicted molar refractivity (Wildman–Crippen MR) is 116 cm³/mol. The van der Waals surface area contributed by atoms with Crippen LogP contribution >= 0.6 is 34.8 Å². The van der Waals surface area contributed by atoms with Crippen molar-refractivity contribution in [3.05, 3.63) is 63.1 Å². The Bertz CT molecular complexity index is 888. The van der Waals surface area contributed by atoms with Gasteiger partial charge in [-0.15, -0.1) is 0 Å². The van der Waals surface area contributed by atoms with Crippen molar-refractivity contribution in [3.8, 4) is 0 Å². The van der Waals surface area contributed by atoms with Crippen molar-refractivity contribution in [1.82, 2.24) is 10.2 Å². The van der Waals surface area contributed by atoms with Crippen LogP contribution in [-0.4, -0.2) is 42.8 Å². The second kappa shape index (κ2) is 11.0. The van der Waals surface area contributed by atoms with Crippen LogP contribution in [0, 0.1) is 0 Å². The van der Waals surface area contributed by atoms with Gasteiger partial charge in [0.15, 0.2) is 0 Å². The molecule has 0 aliphatic carbocycles. The Morgan fingerprint density at radius 2 is 1.66 bits per heavy atom. The molecular formula is C20H20Cl3N3O3. The largest absolute Gasteiger partial charge is 0.352 e. The molecule has 0 saturated heterocycles. The molecule has 0 bridgehead atoms. The summed E-state index contributed by atoms with van der Waals surface area (Å²) in [5.41, 5.74) is 0.993. The molecule has 0 aliphatic rings. The van der Waals surface area contributed by atoms with E-state index >= 15 is 0 Å². The lowest BCUT2D eigenvalue weighted by molar-refractivity contribution is -0.133. The minimum atomic E-state index is -0.352. The van der Waals surface area contributed by atoms with Crippen molar-refractivity contribution in [2.24, 2.45) is 0 Å². The molecule has 2 N–H and O–H groups in total. The molecule has 0 aromatic heterocycles. The molecule has 0 radical (unpaired) electrons. The monoisotopic (exact) mass is 455 g/mol. The van der Waals surface area contributed by atoms with Gasteiger partial charge in [-0.25, -0.2) is 0 Å². The number of carbonyl (C=O) groups is 3. The number of amides is 3. The van der Waals surface area contributed by atoms with Crippen molar-refractivity contribution < 1.29 is 14.4 Å². The van der Waals surface area contributed by atoms with Crippen molar-refractivity contribution in [3.63, 3.8) is 0 Å². The summed E-state index contributed by atoms with van der Waals surface area (Å²) >= 11 is 17.5. The molecule has 2 aromatic carbocycles. The fourth-order valence-corrected chi connectivity index (χ4v) is 2.84. The van der Waals surface area contributed by atoms with Gasteiger partial charge >= 0.3 is 0 Å². The normalized spacial score (nSPS) is 10.3. The lowest BCUT2D eigenvalue weighted by Gasteiger charge is -2.17. The summed E-state index contributed by atoms with van der Waals surface area (Å²) in [6.45, 7) is 0.243. The fraction of sp³-hybridized carbons (Fsp3) is 0.250. The first-order chi connectivity index (χ1) is 13.8. The molecule has 0 saturated carbocycles. The van der Waals surface area contributed by atoms with Crippen LogP contribution in [0.15, 0.2) is 42.5 Å². The van der Waals surface area contributed by atoms with E-state index in [2.05, 4.69) is 10.6 Å². The summed E-state index contributed by atoms with van der Waals surface area (Å²) in [5.74, 6) is -0.784. The second-order valence-electron chi connectivity index (χ2n) is 6.29. The molecule has 3 amide bonds. The zero-order valence-electron chi connectivity index (χ0n) is 15.7. The number of nitrogens with zero attached hydrogens (tertiary/aromatic N) is 1. The van der Waals surface area contributed by atoms with Crippen LogP contribution in [0.1, 0.15) is 23.2 Å². The van der Waals surface area contributed by atoms with Crippen molar-refractivity contribution in [1.29, 1.82) is 0 Å². The van der Waals surface area contributed by atoms with Crippen LogP contribution in [0.3, 0.4) is 0 Å². The number of rotatable bonds is 8. The number of carbonyl (C=O) groups excluding carboxylic acids is 3. The number of hydrogen-bond donors (Lipinski definition) is 2. The summed E-state index contributed by atoms with van der Waals surface area (Å²) in [6.07, 6.45) is 0.661. The standard InChI is InChI=1S/C20H20Cl3N3O3/c1-26(12-18(27)25-15-8-9-16(22)17(23)11-15)19(28)3-2-10-24-20(29)13-4-6-14(21)7-5-13/h4-9,11H,2-3,10,12H2,1H3,(H,24,29)(H,25,27). The lowest BCUT2D eigenvalue weighted by Crippen LogP contribution is -2.35. The van der Waals surface area contributed by atoms with Crippen molar-refractivity contribution in [2.45, 2.75) is 12.8 Å². The van der Waals surface area contributed by atoms with Crippen LogP contribution in [0.4, 0.5) is 5.69 Å². The molecule has 2 rings (SSSR count). The second-order valence-corrected chi connectivity index (χ2v) is 7.54. The van der Waals surface area contributed by atoms with Gasteiger partial charge in [0.1, 0.15) is 0 Å². The maximum absolute atomic E-state index is 12.2. The van der Waals surface area contributed by atoms with Gasteiger partial charge in [-0.05, 0) is 48.9 Å². The van der Waals surface area contributed by atoms with Gasteiger partial charge in [0.05, 0.1) is 16.6 Å². The van der Waals surface area contributed by atoms with Gasteiger partial charge in [0, 0.05) is 36.3 Å². The van der Waals surface area contributed by atoms with Crippen LogP contribution in [0.5, 0.6) is 0 Å². The maximum Gasteiger partial charge on any atom is 0.251 e. The molecule has 2 aromatic rings. The number of anilines is 1. The first kappa shape index (κ1) is 23.0. The quantitative estimate of drug-likeness (QED) is 0.583. The zero-order valence-corrected chi connectivity index (χ0v) is 17.9. The Labute approximate surface area is 184 Å². The molecule has 0 unspecified atom stereocenters. The predicted octanol–water partition coefficient (Wildman–Crippen LogP) is 4.25. The average Bonchev–Trinajstić information content (AvgIpc) is 2.68. The molecule has 9 heteroatoms. The van der Waals surface area contributed by atoms with Crippen LogP contribution in [0.2, 0.25) is 15.1 Å². The maximum atomic E-state index is 12.2. The highest BCUT2D eigenvalue weighted by molar-refractivity contribution is 6.42. The highest BCUT2D eigenvalue weighted by atomic mass is 35.5. The van der Waals surface area contributed by atoms with E-state index in [0.717, 1.165) is 0 Å². The van der Waals surface area contributed by atoms with E-state index in [1.165, 1.54) is 11.0 Å². The Kier molecular flexibility index (Phi) is 8.76. The van der Waals surface area contributed by atoms with Gasteiger partial charge in [0.2, 0.25) is 11.8 Å². The summed E-state index contributed by atoms with van der Waals surface area (Å²) in [4.78, 5) is 37.5. The molecule has 0 atom stereocenters. The van der Waals surface area contributed by atoms with E-state index < -0.39 is 0 Å². The van der Waals surface area contributed by atoms with Gasteiger partial charge < -0.3 is 15.5 Å². The third-order valence-corrected chi connectivity index (χ3v) is 4.96. The van der Waals surface area contributed by atoms with Crippen LogP contribution < -0.4 is 10.6 Å². The zero-order chi connectivity index (χ0) is 21.4. The molecule has 6 nitrogen and oxygen atoms in total.